The molecule has 2 aromatic rings. The van der Waals surface area contributed by atoms with E-state index in [0.29, 0.717) is 18.4 Å². The van der Waals surface area contributed by atoms with Crippen molar-refractivity contribution in [3.63, 3.8) is 0 Å². The Morgan fingerprint density at radius 1 is 1.10 bits per heavy atom. The van der Waals surface area contributed by atoms with Crippen LogP contribution in [0.3, 0.4) is 0 Å². The normalized spacial score (nSPS) is 22.1. The number of piperidine rings is 2. The van der Waals surface area contributed by atoms with Crippen LogP contribution in [0.1, 0.15) is 30.4 Å². The van der Waals surface area contributed by atoms with Crippen LogP contribution in [0.4, 0.5) is 0 Å². The standard InChI is InChI=1S/C26H31ClN2O2/c1-31-25-12-6-5-10-21(25)17-26(30)29-15-13-24-22(18-29)11-7-14-28(24)19-23(27)16-20-8-3-2-4-9-20/h2-6,8-10,12,16,22,24H,7,11,13-15,17-19H2,1H3/t22-,24-/m1/s1. The van der Waals surface area contributed by atoms with E-state index in [1.54, 1.807) is 7.11 Å². The summed E-state index contributed by atoms with van der Waals surface area (Å²) in [6.45, 7) is 3.52. The van der Waals surface area contributed by atoms with Crippen molar-refractivity contribution in [2.45, 2.75) is 31.7 Å². The van der Waals surface area contributed by atoms with Gasteiger partial charge in [-0.3, -0.25) is 9.69 Å². The van der Waals surface area contributed by atoms with Gasteiger partial charge in [0.15, 0.2) is 0 Å². The Balaban J connectivity index is 1.36. The molecule has 4 rings (SSSR count). The number of hydrogen-bond donors (Lipinski definition) is 0. The van der Waals surface area contributed by atoms with Crippen molar-refractivity contribution in [2.75, 3.05) is 33.3 Å². The van der Waals surface area contributed by atoms with Gasteiger partial charge in [0.1, 0.15) is 5.75 Å². The molecule has 0 bridgehead atoms. The van der Waals surface area contributed by atoms with Gasteiger partial charge in [-0.15, -0.1) is 0 Å². The van der Waals surface area contributed by atoms with Gasteiger partial charge in [0.25, 0.3) is 0 Å². The molecule has 2 atom stereocenters. The quantitative estimate of drug-likeness (QED) is 0.647. The third-order valence-corrected chi connectivity index (χ3v) is 6.78. The second kappa shape index (κ2) is 10.3. The van der Waals surface area contributed by atoms with E-state index in [1.165, 1.54) is 6.42 Å². The minimum absolute atomic E-state index is 0.196. The molecule has 2 aliphatic rings. The molecule has 5 heteroatoms. The first-order valence-electron chi connectivity index (χ1n) is 11.2. The molecule has 0 aliphatic carbocycles. The molecular weight excluding hydrogens is 408 g/mol. The number of para-hydroxylation sites is 1. The van der Waals surface area contributed by atoms with Gasteiger partial charge in [-0.25, -0.2) is 0 Å². The molecule has 1 amide bonds. The van der Waals surface area contributed by atoms with Crippen LogP contribution in [0.25, 0.3) is 6.08 Å². The van der Waals surface area contributed by atoms with Crippen molar-refractivity contribution in [1.82, 2.24) is 9.80 Å². The molecule has 4 nitrogen and oxygen atoms in total. The third-order valence-electron chi connectivity index (χ3n) is 6.55. The Labute approximate surface area is 190 Å². The van der Waals surface area contributed by atoms with Gasteiger partial charge in [-0.05, 0) is 49.4 Å². The zero-order valence-electron chi connectivity index (χ0n) is 18.2. The molecule has 0 saturated carbocycles. The number of benzene rings is 2. The van der Waals surface area contributed by atoms with E-state index in [9.17, 15) is 4.79 Å². The fourth-order valence-corrected chi connectivity index (χ4v) is 5.30. The number of fused-ring (bicyclic) bond motifs is 1. The fraction of sp³-hybridized carbons (Fsp3) is 0.423. The Hall–Kier alpha value is -2.30. The molecule has 0 N–H and O–H groups in total. The molecule has 2 aromatic carbocycles. The SMILES string of the molecule is COc1ccccc1CC(=O)N1CC[C@@H]2[C@H](CCCN2CC(Cl)=Cc2ccccc2)C1. The van der Waals surface area contributed by atoms with Crippen LogP contribution in [0, 0.1) is 5.92 Å². The molecular formula is C26H31ClN2O2. The van der Waals surface area contributed by atoms with E-state index in [1.807, 2.05) is 42.5 Å². The lowest BCUT2D eigenvalue weighted by atomic mass is 9.83. The molecule has 0 aromatic heterocycles. The van der Waals surface area contributed by atoms with Crippen LogP contribution >= 0.6 is 11.6 Å². The number of amides is 1. The lowest BCUT2D eigenvalue weighted by Crippen LogP contribution is -2.55. The summed E-state index contributed by atoms with van der Waals surface area (Å²) in [6, 6.07) is 18.5. The average Bonchev–Trinajstić information content (AvgIpc) is 2.80. The van der Waals surface area contributed by atoms with Gasteiger partial charge < -0.3 is 9.64 Å². The lowest BCUT2D eigenvalue weighted by Gasteiger charge is -2.47. The highest BCUT2D eigenvalue weighted by Crippen LogP contribution is 2.32. The number of carbonyl (C=O) groups is 1. The molecule has 2 aliphatic heterocycles. The van der Waals surface area contributed by atoms with Gasteiger partial charge in [0, 0.05) is 36.3 Å². The number of methoxy groups -OCH3 is 1. The number of likely N-dealkylation sites (tertiary alicyclic amines) is 2. The topological polar surface area (TPSA) is 32.8 Å². The molecule has 2 saturated heterocycles. The maximum Gasteiger partial charge on any atom is 0.227 e. The number of carbonyl (C=O) groups excluding carboxylic acids is 1. The van der Waals surface area contributed by atoms with Crippen LogP contribution in [0.5, 0.6) is 5.75 Å². The van der Waals surface area contributed by atoms with Crippen molar-refractivity contribution in [1.29, 1.82) is 0 Å². The molecule has 2 heterocycles. The predicted octanol–water partition coefficient (Wildman–Crippen LogP) is 4.83. The molecule has 0 radical (unpaired) electrons. The van der Waals surface area contributed by atoms with Gasteiger partial charge in [0.2, 0.25) is 5.91 Å². The number of ether oxygens (including phenoxy) is 1. The highest BCUT2D eigenvalue weighted by atomic mass is 35.5. The monoisotopic (exact) mass is 438 g/mol. The summed E-state index contributed by atoms with van der Waals surface area (Å²) in [5, 5.41) is 0.876. The summed E-state index contributed by atoms with van der Waals surface area (Å²) >= 11 is 6.62. The van der Waals surface area contributed by atoms with Crippen molar-refractivity contribution in [3.8, 4) is 5.75 Å². The summed E-state index contributed by atoms with van der Waals surface area (Å²) in [7, 11) is 1.66. The lowest BCUT2D eigenvalue weighted by molar-refractivity contribution is -0.134. The number of halogens is 1. The van der Waals surface area contributed by atoms with Crippen molar-refractivity contribution in [3.05, 3.63) is 70.8 Å². The van der Waals surface area contributed by atoms with Crippen LogP contribution in [0.15, 0.2) is 59.6 Å². The summed E-state index contributed by atoms with van der Waals surface area (Å²) in [5.74, 6) is 1.50. The van der Waals surface area contributed by atoms with E-state index < -0.39 is 0 Å². The van der Waals surface area contributed by atoms with E-state index in [0.717, 1.165) is 60.9 Å². The van der Waals surface area contributed by atoms with Gasteiger partial charge in [-0.2, -0.15) is 0 Å². The highest BCUT2D eigenvalue weighted by Gasteiger charge is 2.37. The summed E-state index contributed by atoms with van der Waals surface area (Å²) in [5.41, 5.74) is 2.10. The van der Waals surface area contributed by atoms with Gasteiger partial charge in [-0.1, -0.05) is 60.1 Å². The van der Waals surface area contributed by atoms with Gasteiger partial charge >= 0.3 is 0 Å². The van der Waals surface area contributed by atoms with Crippen molar-refractivity contribution in [2.24, 2.45) is 5.92 Å². The maximum atomic E-state index is 13.0. The molecule has 2 fully saturated rings. The molecule has 0 spiro atoms. The largest absolute Gasteiger partial charge is 0.496 e. The fourth-order valence-electron chi connectivity index (χ4n) is 5.02. The first-order chi connectivity index (χ1) is 15.1. The van der Waals surface area contributed by atoms with Crippen molar-refractivity contribution < 1.29 is 9.53 Å². The molecule has 164 valence electrons. The van der Waals surface area contributed by atoms with Crippen LogP contribution in [-0.2, 0) is 11.2 Å². The second-order valence-electron chi connectivity index (χ2n) is 8.56. The smallest absolute Gasteiger partial charge is 0.227 e. The number of hydrogen-bond acceptors (Lipinski definition) is 3. The Bertz CT molecular complexity index is 915. The molecule has 31 heavy (non-hydrogen) atoms. The van der Waals surface area contributed by atoms with Crippen LogP contribution < -0.4 is 4.74 Å². The minimum Gasteiger partial charge on any atom is -0.496 e. The second-order valence-corrected chi connectivity index (χ2v) is 9.04. The third kappa shape index (κ3) is 5.50. The van der Waals surface area contributed by atoms with Crippen LogP contribution in [-0.4, -0.2) is 55.0 Å². The Morgan fingerprint density at radius 2 is 1.87 bits per heavy atom. The predicted molar refractivity (Wildman–Crippen MR) is 126 cm³/mol. The van der Waals surface area contributed by atoms with Crippen LogP contribution in [0.2, 0.25) is 0 Å². The number of nitrogens with zero attached hydrogens (tertiary/aromatic N) is 2. The van der Waals surface area contributed by atoms with Crippen molar-refractivity contribution >= 4 is 23.6 Å². The van der Waals surface area contributed by atoms with E-state index in [2.05, 4.69) is 28.0 Å². The highest BCUT2D eigenvalue weighted by molar-refractivity contribution is 6.31. The Kier molecular flexibility index (Phi) is 7.31. The zero-order valence-corrected chi connectivity index (χ0v) is 18.9. The summed E-state index contributed by atoms with van der Waals surface area (Å²) in [6.07, 6.45) is 5.82. The van der Waals surface area contributed by atoms with E-state index in [-0.39, 0.29) is 5.91 Å². The minimum atomic E-state index is 0.196. The Morgan fingerprint density at radius 3 is 2.68 bits per heavy atom. The summed E-state index contributed by atoms with van der Waals surface area (Å²) < 4.78 is 5.42. The maximum absolute atomic E-state index is 13.0. The van der Waals surface area contributed by atoms with E-state index >= 15 is 0 Å². The first kappa shape index (κ1) is 21.9. The zero-order chi connectivity index (χ0) is 21.6. The number of rotatable bonds is 6. The average molecular weight is 439 g/mol. The molecule has 0 unspecified atom stereocenters. The summed E-state index contributed by atoms with van der Waals surface area (Å²) in [4.78, 5) is 17.6. The first-order valence-corrected chi connectivity index (χ1v) is 11.6. The van der Waals surface area contributed by atoms with Gasteiger partial charge in [0.05, 0.1) is 13.5 Å². The van der Waals surface area contributed by atoms with E-state index in [4.69, 9.17) is 16.3 Å².